The molecule has 6 heteroatoms. The third-order valence-electron chi connectivity index (χ3n) is 1.90. The van der Waals surface area contributed by atoms with Crippen molar-refractivity contribution in [3.8, 4) is 6.07 Å². The molecular weight excluding hydrogens is 251 g/mol. The third kappa shape index (κ3) is 2.32. The summed E-state index contributed by atoms with van der Waals surface area (Å²) in [4.78, 5) is 10.2. The fourth-order valence-electron chi connectivity index (χ4n) is 1.12. The highest BCUT2D eigenvalue weighted by molar-refractivity contribution is 6.51. The van der Waals surface area contributed by atoms with E-state index in [9.17, 15) is 10.1 Å². The number of allylic oxidation sites excluding steroid dienone is 1. The lowest BCUT2D eigenvalue weighted by atomic mass is 10.1. The van der Waals surface area contributed by atoms with E-state index in [1.807, 2.05) is 6.07 Å². The highest BCUT2D eigenvalue weighted by Gasteiger charge is 2.20. The highest BCUT2D eigenvalue weighted by Crippen LogP contribution is 2.36. The molecule has 0 aromatic heterocycles. The van der Waals surface area contributed by atoms with Gasteiger partial charge in [0.2, 0.25) is 0 Å². The number of halogens is 2. The summed E-state index contributed by atoms with van der Waals surface area (Å²) >= 11 is 11.7. The molecule has 0 aliphatic rings. The molecule has 0 aliphatic heterocycles. The van der Waals surface area contributed by atoms with Gasteiger partial charge in [-0.25, -0.2) is 0 Å². The summed E-state index contributed by atoms with van der Waals surface area (Å²) in [6.07, 6.45) is 0. The van der Waals surface area contributed by atoms with Gasteiger partial charge in [-0.15, -0.1) is 0 Å². The van der Waals surface area contributed by atoms with E-state index in [1.54, 1.807) is 0 Å². The molecule has 0 bridgehead atoms. The van der Waals surface area contributed by atoms with Gasteiger partial charge in [0.25, 0.3) is 5.69 Å². The van der Waals surface area contributed by atoms with E-state index in [0.29, 0.717) is 0 Å². The van der Waals surface area contributed by atoms with E-state index in [1.165, 1.54) is 25.1 Å². The van der Waals surface area contributed by atoms with Crippen LogP contribution in [0.1, 0.15) is 12.5 Å². The first-order chi connectivity index (χ1) is 7.49. The molecule has 82 valence electrons. The molecule has 0 aliphatic carbocycles. The minimum absolute atomic E-state index is 0.000185. The summed E-state index contributed by atoms with van der Waals surface area (Å²) in [7, 11) is 0. The molecule has 0 heterocycles. The van der Waals surface area contributed by atoms with E-state index in [2.05, 4.69) is 0 Å². The Labute approximate surface area is 102 Å². The number of hydrogen-bond acceptors (Lipinski definition) is 3. The number of nitriles is 1. The fourth-order valence-corrected chi connectivity index (χ4v) is 1.67. The predicted octanol–water partition coefficient (Wildman–Crippen LogP) is 3.74. The van der Waals surface area contributed by atoms with Crippen LogP contribution in [0.4, 0.5) is 5.69 Å². The van der Waals surface area contributed by atoms with Gasteiger partial charge >= 0.3 is 0 Å². The van der Waals surface area contributed by atoms with Crippen molar-refractivity contribution in [3.63, 3.8) is 0 Å². The average Bonchev–Trinajstić information content (AvgIpc) is 2.26. The molecule has 0 atom stereocenters. The molecule has 4 nitrogen and oxygen atoms in total. The van der Waals surface area contributed by atoms with Crippen LogP contribution in [0.25, 0.3) is 5.03 Å². The lowest BCUT2D eigenvalue weighted by Crippen LogP contribution is -1.94. The Hall–Kier alpha value is -1.57. The second-order valence-corrected chi connectivity index (χ2v) is 3.73. The number of nitro benzene ring substituents is 1. The Morgan fingerprint density at radius 2 is 2.19 bits per heavy atom. The SMILES string of the molecule is CC(C#N)=C(Cl)c1c(Cl)cccc1[N+](=O)[O-]. The number of nitro groups is 1. The quantitative estimate of drug-likeness (QED) is 0.460. The second-order valence-electron chi connectivity index (χ2n) is 2.94. The van der Waals surface area contributed by atoms with E-state index in [0.717, 1.165) is 0 Å². The van der Waals surface area contributed by atoms with Crippen molar-refractivity contribution in [2.75, 3.05) is 0 Å². The van der Waals surface area contributed by atoms with Gasteiger partial charge in [0.15, 0.2) is 0 Å². The van der Waals surface area contributed by atoms with Crippen LogP contribution in [0, 0.1) is 21.4 Å². The van der Waals surface area contributed by atoms with E-state index in [4.69, 9.17) is 28.5 Å². The van der Waals surface area contributed by atoms with Gasteiger partial charge in [0.1, 0.15) is 0 Å². The van der Waals surface area contributed by atoms with Gasteiger partial charge in [-0.1, -0.05) is 29.3 Å². The average molecular weight is 257 g/mol. The highest BCUT2D eigenvalue weighted by atomic mass is 35.5. The predicted molar refractivity (Wildman–Crippen MR) is 62.2 cm³/mol. The van der Waals surface area contributed by atoms with Gasteiger partial charge in [-0.05, 0) is 13.0 Å². The molecule has 0 radical (unpaired) electrons. The summed E-state index contributed by atoms with van der Waals surface area (Å²) in [5, 5.41) is 19.6. The van der Waals surface area contributed by atoms with Crippen LogP contribution in [0.2, 0.25) is 5.02 Å². The van der Waals surface area contributed by atoms with Crippen molar-refractivity contribution in [1.29, 1.82) is 5.26 Å². The molecule has 0 N–H and O–H groups in total. The first kappa shape index (κ1) is 12.5. The minimum Gasteiger partial charge on any atom is -0.258 e. The molecule has 1 aromatic carbocycles. The molecule has 16 heavy (non-hydrogen) atoms. The molecule has 0 spiro atoms. The Bertz CT molecular complexity index is 518. The van der Waals surface area contributed by atoms with Crippen molar-refractivity contribution in [2.45, 2.75) is 6.92 Å². The normalized spacial score (nSPS) is 11.6. The monoisotopic (exact) mass is 256 g/mol. The van der Waals surface area contributed by atoms with Crippen molar-refractivity contribution in [1.82, 2.24) is 0 Å². The van der Waals surface area contributed by atoms with Crippen molar-refractivity contribution in [2.24, 2.45) is 0 Å². The standard InChI is InChI=1S/C10H6Cl2N2O2/c1-6(5-13)10(12)9-7(11)3-2-4-8(9)14(15)16/h2-4H,1H3. The van der Waals surface area contributed by atoms with E-state index >= 15 is 0 Å². The van der Waals surface area contributed by atoms with Crippen LogP contribution in [0.5, 0.6) is 0 Å². The number of benzene rings is 1. The zero-order chi connectivity index (χ0) is 12.3. The summed E-state index contributed by atoms with van der Waals surface area (Å²) in [5.74, 6) is 0. The summed E-state index contributed by atoms with van der Waals surface area (Å²) in [6, 6.07) is 6.05. The summed E-state index contributed by atoms with van der Waals surface area (Å²) in [5.41, 5.74) is 0.0415. The van der Waals surface area contributed by atoms with Gasteiger partial charge in [-0.2, -0.15) is 5.26 Å². The van der Waals surface area contributed by atoms with Gasteiger partial charge in [-0.3, -0.25) is 10.1 Å². The van der Waals surface area contributed by atoms with Crippen molar-refractivity contribution < 1.29 is 4.92 Å². The third-order valence-corrected chi connectivity index (χ3v) is 2.69. The first-order valence-corrected chi connectivity index (χ1v) is 4.94. The minimum atomic E-state index is -0.589. The van der Waals surface area contributed by atoms with Crippen LogP contribution in [0.15, 0.2) is 23.8 Å². The van der Waals surface area contributed by atoms with Gasteiger partial charge < -0.3 is 0 Å². The van der Waals surface area contributed by atoms with Crippen LogP contribution < -0.4 is 0 Å². The maximum absolute atomic E-state index is 10.8. The van der Waals surface area contributed by atoms with E-state index in [-0.39, 0.29) is 26.9 Å². The first-order valence-electron chi connectivity index (χ1n) is 4.18. The second kappa shape index (κ2) is 4.97. The maximum Gasteiger partial charge on any atom is 0.279 e. The molecular formula is C10H6Cl2N2O2. The Morgan fingerprint density at radius 3 is 2.69 bits per heavy atom. The van der Waals surface area contributed by atoms with Crippen molar-refractivity contribution in [3.05, 3.63) is 44.5 Å². The van der Waals surface area contributed by atoms with Crippen LogP contribution >= 0.6 is 23.2 Å². The molecule has 0 saturated carbocycles. The Kier molecular flexibility index (Phi) is 3.88. The van der Waals surface area contributed by atoms with Gasteiger partial charge in [0, 0.05) is 11.6 Å². The number of nitrogens with zero attached hydrogens (tertiary/aromatic N) is 2. The fraction of sp³-hybridized carbons (Fsp3) is 0.100. The smallest absolute Gasteiger partial charge is 0.258 e. The molecule has 0 saturated heterocycles. The molecule has 0 unspecified atom stereocenters. The van der Waals surface area contributed by atoms with Crippen LogP contribution in [0.3, 0.4) is 0 Å². The zero-order valence-electron chi connectivity index (χ0n) is 8.20. The van der Waals surface area contributed by atoms with E-state index < -0.39 is 4.92 Å². The van der Waals surface area contributed by atoms with Crippen molar-refractivity contribution >= 4 is 33.9 Å². The number of rotatable bonds is 2. The van der Waals surface area contributed by atoms with Crippen LogP contribution in [-0.4, -0.2) is 4.92 Å². The topological polar surface area (TPSA) is 66.9 Å². The summed E-state index contributed by atoms with van der Waals surface area (Å²) in [6.45, 7) is 1.47. The molecule has 1 rings (SSSR count). The van der Waals surface area contributed by atoms with Gasteiger partial charge in [0.05, 0.1) is 26.6 Å². The Balaban J connectivity index is 3.56. The zero-order valence-corrected chi connectivity index (χ0v) is 9.71. The lowest BCUT2D eigenvalue weighted by Gasteiger charge is -2.04. The maximum atomic E-state index is 10.8. The summed E-state index contributed by atoms with van der Waals surface area (Å²) < 4.78 is 0. The number of hydrogen-bond donors (Lipinski definition) is 0. The largest absolute Gasteiger partial charge is 0.279 e. The lowest BCUT2D eigenvalue weighted by molar-refractivity contribution is -0.385. The van der Waals surface area contributed by atoms with Crippen LogP contribution in [-0.2, 0) is 0 Å². The molecule has 1 aromatic rings. The Morgan fingerprint density at radius 1 is 1.56 bits per heavy atom. The molecule has 0 amide bonds. The molecule has 0 fully saturated rings.